The third-order valence-corrected chi connectivity index (χ3v) is 7.20. The van der Waals surface area contributed by atoms with Crippen molar-refractivity contribution in [3.63, 3.8) is 0 Å². The average molecular weight is 460 g/mol. The van der Waals surface area contributed by atoms with Gasteiger partial charge in [-0.25, -0.2) is 9.37 Å². The minimum absolute atomic E-state index is 0.0501. The van der Waals surface area contributed by atoms with Crippen LogP contribution in [-0.2, 0) is 4.79 Å². The number of carbonyl (C=O) groups is 1. The molecule has 0 bridgehead atoms. The third kappa shape index (κ3) is 3.83. The zero-order valence-corrected chi connectivity index (χ0v) is 17.8. The molecule has 0 radical (unpaired) electrons. The summed E-state index contributed by atoms with van der Waals surface area (Å²) in [6.07, 6.45) is 5.13. The zero-order valence-electron chi connectivity index (χ0n) is 17.1. The van der Waals surface area contributed by atoms with E-state index >= 15 is 0 Å². The zero-order chi connectivity index (χ0) is 22.5. The summed E-state index contributed by atoms with van der Waals surface area (Å²) in [5, 5.41) is 3.36. The minimum Gasteiger partial charge on any atom is -0.305 e. The molecule has 2 unspecified atom stereocenters. The van der Waals surface area contributed by atoms with Crippen LogP contribution in [0.5, 0.6) is 0 Å². The van der Waals surface area contributed by atoms with Crippen molar-refractivity contribution in [2.75, 3.05) is 5.32 Å². The maximum Gasteiger partial charge on any atom is 0.327 e. The molecule has 1 amide bonds. The number of anilines is 1. The molecule has 2 aliphatic carbocycles. The van der Waals surface area contributed by atoms with Crippen molar-refractivity contribution in [2.45, 2.75) is 37.5 Å². The van der Waals surface area contributed by atoms with Crippen LogP contribution in [0.3, 0.4) is 0 Å². The minimum atomic E-state index is -3.48. The van der Waals surface area contributed by atoms with Crippen LogP contribution in [0.1, 0.15) is 37.2 Å². The van der Waals surface area contributed by atoms with Crippen molar-refractivity contribution in [2.24, 2.45) is 17.8 Å². The fourth-order valence-corrected chi connectivity index (χ4v) is 5.61. The van der Waals surface area contributed by atoms with Gasteiger partial charge in [0.15, 0.2) is 0 Å². The van der Waals surface area contributed by atoms with Crippen LogP contribution >= 0.6 is 11.6 Å². The molecule has 4 atom stereocenters. The van der Waals surface area contributed by atoms with Crippen LogP contribution in [0.15, 0.2) is 48.8 Å². The van der Waals surface area contributed by atoms with Crippen LogP contribution in [0.2, 0.25) is 5.02 Å². The second-order valence-corrected chi connectivity index (χ2v) is 9.29. The Kier molecular flexibility index (Phi) is 5.32. The molecular weight excluding hydrogens is 439 g/mol. The Labute approximate surface area is 188 Å². The number of nitrogens with one attached hydrogen (secondary N) is 1. The molecule has 5 rings (SSSR count). The summed E-state index contributed by atoms with van der Waals surface area (Å²) in [5.41, 5.74) is 1.76. The van der Waals surface area contributed by atoms with Gasteiger partial charge in [0.2, 0.25) is 0 Å². The van der Waals surface area contributed by atoms with E-state index in [0.29, 0.717) is 17.9 Å². The summed E-state index contributed by atoms with van der Waals surface area (Å²) in [6, 6.07) is 9.34. The van der Waals surface area contributed by atoms with Crippen LogP contribution in [-0.4, -0.2) is 21.8 Å². The standard InChI is InChI=1S/C24H21ClF3N3O/c25-17-1-4-22(30-12-17)31-23(32)24(27,28)16-9-13-7-15(8-14(13)10-16)19-5-6-29-21-3-2-18(26)11-20(19)21/h1-6,11-16H,7-10H2,(H,30,31,32)/t13-,14+,15?,16?. The van der Waals surface area contributed by atoms with Gasteiger partial charge < -0.3 is 5.32 Å². The number of amides is 1. The van der Waals surface area contributed by atoms with Gasteiger partial charge >= 0.3 is 5.92 Å². The first kappa shape index (κ1) is 21.2. The van der Waals surface area contributed by atoms with Crippen LogP contribution in [0.4, 0.5) is 19.0 Å². The predicted molar refractivity (Wildman–Crippen MR) is 116 cm³/mol. The fourth-order valence-electron chi connectivity index (χ4n) is 5.50. The smallest absolute Gasteiger partial charge is 0.305 e. The van der Waals surface area contributed by atoms with E-state index in [1.807, 2.05) is 6.07 Å². The van der Waals surface area contributed by atoms with Gasteiger partial charge in [0.25, 0.3) is 5.91 Å². The van der Waals surface area contributed by atoms with E-state index in [2.05, 4.69) is 15.3 Å². The number of benzene rings is 1. The summed E-state index contributed by atoms with van der Waals surface area (Å²) >= 11 is 5.75. The maximum absolute atomic E-state index is 15.0. The number of fused-ring (bicyclic) bond motifs is 2. The van der Waals surface area contributed by atoms with Crippen molar-refractivity contribution < 1.29 is 18.0 Å². The molecule has 1 aromatic carbocycles. The molecule has 2 aliphatic rings. The van der Waals surface area contributed by atoms with Crippen LogP contribution < -0.4 is 5.32 Å². The molecule has 4 nitrogen and oxygen atoms in total. The van der Waals surface area contributed by atoms with Gasteiger partial charge in [-0.05, 0) is 85.4 Å². The quantitative estimate of drug-likeness (QED) is 0.504. The number of halogens is 4. The molecule has 32 heavy (non-hydrogen) atoms. The Hall–Kier alpha value is -2.67. The SMILES string of the molecule is O=C(Nc1ccc(Cl)cn1)C(F)(F)C1C[C@H]2CC(c3ccnc4ccc(F)cc34)C[C@H]2C1. The van der Waals surface area contributed by atoms with Gasteiger partial charge in [0.1, 0.15) is 11.6 Å². The molecule has 166 valence electrons. The normalized spacial score (nSPS) is 25.1. The fraction of sp³-hybridized carbons (Fsp3) is 0.375. The number of nitrogens with zero attached hydrogens (tertiary/aromatic N) is 2. The van der Waals surface area contributed by atoms with Gasteiger partial charge in [0.05, 0.1) is 10.5 Å². The van der Waals surface area contributed by atoms with Gasteiger partial charge in [-0.2, -0.15) is 8.78 Å². The number of alkyl halides is 2. The van der Waals surface area contributed by atoms with Gasteiger partial charge in [0, 0.05) is 23.7 Å². The lowest BCUT2D eigenvalue weighted by molar-refractivity contribution is -0.148. The summed E-state index contributed by atoms with van der Waals surface area (Å²) in [4.78, 5) is 20.5. The first-order valence-electron chi connectivity index (χ1n) is 10.7. The molecule has 1 N–H and O–H groups in total. The molecule has 2 heterocycles. The van der Waals surface area contributed by atoms with Crippen molar-refractivity contribution in [1.82, 2.24) is 9.97 Å². The Bertz CT molecular complexity index is 1160. The summed E-state index contributed by atoms with van der Waals surface area (Å²) < 4.78 is 43.7. The molecule has 0 aliphatic heterocycles. The molecule has 0 spiro atoms. The van der Waals surface area contributed by atoms with E-state index in [9.17, 15) is 18.0 Å². The molecule has 2 fully saturated rings. The lowest BCUT2D eigenvalue weighted by atomic mass is 9.88. The van der Waals surface area contributed by atoms with Crippen molar-refractivity contribution in [3.05, 3.63) is 65.2 Å². The lowest BCUT2D eigenvalue weighted by Gasteiger charge is -2.24. The van der Waals surface area contributed by atoms with Crippen molar-refractivity contribution in [1.29, 1.82) is 0 Å². The number of pyridine rings is 2. The van der Waals surface area contributed by atoms with E-state index in [4.69, 9.17) is 11.6 Å². The van der Waals surface area contributed by atoms with Crippen molar-refractivity contribution in [3.8, 4) is 0 Å². The third-order valence-electron chi connectivity index (χ3n) is 6.98. The van der Waals surface area contributed by atoms with Crippen LogP contribution in [0.25, 0.3) is 10.9 Å². The lowest BCUT2D eigenvalue weighted by Crippen LogP contribution is -2.41. The Morgan fingerprint density at radius 2 is 1.78 bits per heavy atom. The first-order chi connectivity index (χ1) is 15.3. The average Bonchev–Trinajstić information content (AvgIpc) is 3.34. The molecule has 3 aromatic rings. The Morgan fingerprint density at radius 1 is 1.03 bits per heavy atom. The highest BCUT2D eigenvalue weighted by atomic mass is 35.5. The first-order valence-corrected chi connectivity index (χ1v) is 11.0. The largest absolute Gasteiger partial charge is 0.327 e. The van der Waals surface area contributed by atoms with Gasteiger partial charge in [-0.3, -0.25) is 9.78 Å². The van der Waals surface area contributed by atoms with E-state index in [0.717, 1.165) is 29.3 Å². The molecule has 2 aromatic heterocycles. The monoisotopic (exact) mass is 459 g/mol. The molecule has 2 saturated carbocycles. The molecular formula is C24H21ClF3N3O. The van der Waals surface area contributed by atoms with E-state index in [1.165, 1.54) is 30.5 Å². The van der Waals surface area contributed by atoms with E-state index in [1.54, 1.807) is 12.3 Å². The number of rotatable bonds is 4. The van der Waals surface area contributed by atoms with Gasteiger partial charge in [-0.1, -0.05) is 11.6 Å². The Balaban J connectivity index is 1.28. The van der Waals surface area contributed by atoms with E-state index < -0.39 is 17.7 Å². The number of hydrogen-bond acceptors (Lipinski definition) is 3. The molecule has 0 saturated heterocycles. The second kappa shape index (κ2) is 8.03. The summed E-state index contributed by atoms with van der Waals surface area (Å²) in [6.45, 7) is 0. The van der Waals surface area contributed by atoms with Gasteiger partial charge in [-0.15, -0.1) is 0 Å². The van der Waals surface area contributed by atoms with Crippen molar-refractivity contribution >= 4 is 34.2 Å². The number of aromatic nitrogens is 2. The summed E-state index contributed by atoms with van der Waals surface area (Å²) in [5.74, 6) is -5.66. The van der Waals surface area contributed by atoms with E-state index in [-0.39, 0.29) is 29.4 Å². The number of carbonyl (C=O) groups excluding carboxylic acids is 1. The predicted octanol–water partition coefficient (Wildman–Crippen LogP) is 6.22. The van der Waals surface area contributed by atoms with Crippen LogP contribution in [0, 0.1) is 23.6 Å². The molecule has 8 heteroatoms. The second-order valence-electron chi connectivity index (χ2n) is 8.86. The topological polar surface area (TPSA) is 54.9 Å². The highest BCUT2D eigenvalue weighted by Gasteiger charge is 2.54. The Morgan fingerprint density at radius 3 is 2.47 bits per heavy atom. The highest BCUT2D eigenvalue weighted by Crippen LogP contribution is 2.56. The summed E-state index contributed by atoms with van der Waals surface area (Å²) in [7, 11) is 0. The highest BCUT2D eigenvalue weighted by molar-refractivity contribution is 6.30. The maximum atomic E-state index is 15.0. The number of hydrogen-bond donors (Lipinski definition) is 1.